The van der Waals surface area contributed by atoms with Crippen LogP contribution in [0.15, 0.2) is 42.5 Å². The molecule has 32 heavy (non-hydrogen) atoms. The van der Waals surface area contributed by atoms with Crippen molar-refractivity contribution in [2.45, 2.75) is 58.7 Å². The number of rotatable bonds is 4. The molecule has 1 N–H and O–H groups in total. The molecule has 2 atom stereocenters. The maximum atomic E-state index is 13.6. The first kappa shape index (κ1) is 22.7. The SMILES string of the molecule is Cc1cccc2c1NCCC1CCC(CN(C(=O)c3ccc(OCC(C)C)cc3)C2)N1C. The van der Waals surface area contributed by atoms with Crippen LogP contribution in [0.2, 0.25) is 0 Å². The highest BCUT2D eigenvalue weighted by molar-refractivity contribution is 5.94. The summed E-state index contributed by atoms with van der Waals surface area (Å²) < 4.78 is 5.80. The molecule has 1 fully saturated rings. The van der Waals surface area contributed by atoms with Crippen molar-refractivity contribution in [1.29, 1.82) is 0 Å². The van der Waals surface area contributed by atoms with Crippen molar-refractivity contribution in [2.24, 2.45) is 5.92 Å². The average Bonchev–Trinajstić information content (AvgIpc) is 3.11. The molecule has 4 rings (SSSR count). The molecule has 2 unspecified atom stereocenters. The molecule has 1 amide bonds. The minimum Gasteiger partial charge on any atom is -0.493 e. The fourth-order valence-electron chi connectivity index (χ4n) is 4.95. The molecule has 0 spiro atoms. The van der Waals surface area contributed by atoms with Crippen molar-refractivity contribution in [3.05, 3.63) is 59.2 Å². The summed E-state index contributed by atoms with van der Waals surface area (Å²) in [4.78, 5) is 18.2. The van der Waals surface area contributed by atoms with Crippen LogP contribution in [0, 0.1) is 12.8 Å². The number of likely N-dealkylation sites (N-methyl/N-ethyl adjacent to an activating group) is 1. The molecule has 2 heterocycles. The van der Waals surface area contributed by atoms with E-state index in [1.54, 1.807) is 0 Å². The molecule has 0 radical (unpaired) electrons. The van der Waals surface area contributed by atoms with E-state index in [1.165, 1.54) is 23.2 Å². The summed E-state index contributed by atoms with van der Waals surface area (Å²) in [5.41, 5.74) is 4.33. The van der Waals surface area contributed by atoms with Gasteiger partial charge in [0.1, 0.15) is 5.75 Å². The number of carbonyl (C=O) groups excluding carboxylic acids is 1. The topological polar surface area (TPSA) is 44.8 Å². The second-order valence-corrected chi connectivity index (χ2v) is 9.79. The van der Waals surface area contributed by atoms with Gasteiger partial charge in [-0.2, -0.15) is 0 Å². The number of aryl methyl sites for hydroxylation is 1. The van der Waals surface area contributed by atoms with E-state index in [4.69, 9.17) is 4.74 Å². The van der Waals surface area contributed by atoms with Crippen LogP contribution in [0.25, 0.3) is 0 Å². The fourth-order valence-corrected chi connectivity index (χ4v) is 4.95. The Hall–Kier alpha value is -2.53. The van der Waals surface area contributed by atoms with Gasteiger partial charge in [-0.3, -0.25) is 9.69 Å². The lowest BCUT2D eigenvalue weighted by Gasteiger charge is -2.31. The number of fused-ring (bicyclic) bond motifs is 3. The lowest BCUT2D eigenvalue weighted by atomic mass is 10.0. The quantitative estimate of drug-likeness (QED) is 0.738. The number of hydrogen-bond acceptors (Lipinski definition) is 4. The zero-order valence-corrected chi connectivity index (χ0v) is 19.9. The monoisotopic (exact) mass is 435 g/mol. The van der Waals surface area contributed by atoms with E-state index >= 15 is 0 Å². The van der Waals surface area contributed by atoms with Gasteiger partial charge in [0.25, 0.3) is 5.91 Å². The van der Waals surface area contributed by atoms with Crippen LogP contribution in [0.1, 0.15) is 54.6 Å². The van der Waals surface area contributed by atoms with Crippen molar-refractivity contribution in [3.8, 4) is 5.75 Å². The molecule has 0 saturated carbocycles. The van der Waals surface area contributed by atoms with Crippen LogP contribution in [0.3, 0.4) is 0 Å². The molecule has 2 aliphatic heterocycles. The predicted octanol–water partition coefficient (Wildman–Crippen LogP) is 4.95. The molecule has 0 aliphatic carbocycles. The molecule has 0 aromatic heterocycles. The van der Waals surface area contributed by atoms with E-state index in [-0.39, 0.29) is 5.91 Å². The summed E-state index contributed by atoms with van der Waals surface area (Å²) in [6, 6.07) is 15.0. The Labute approximate surface area is 192 Å². The van der Waals surface area contributed by atoms with Gasteiger partial charge in [-0.1, -0.05) is 32.0 Å². The van der Waals surface area contributed by atoms with E-state index in [0.717, 1.165) is 37.2 Å². The Morgan fingerprint density at radius 1 is 1.09 bits per heavy atom. The van der Waals surface area contributed by atoms with Gasteiger partial charge in [0.15, 0.2) is 0 Å². The van der Waals surface area contributed by atoms with E-state index in [1.807, 2.05) is 29.2 Å². The lowest BCUT2D eigenvalue weighted by Crippen LogP contribution is -2.43. The van der Waals surface area contributed by atoms with Gasteiger partial charge in [0.05, 0.1) is 6.61 Å². The van der Waals surface area contributed by atoms with Crippen LogP contribution in [-0.2, 0) is 6.54 Å². The molecule has 2 aliphatic rings. The number of nitrogens with zero attached hydrogens (tertiary/aromatic N) is 2. The summed E-state index contributed by atoms with van der Waals surface area (Å²) in [5.74, 6) is 1.37. The smallest absolute Gasteiger partial charge is 0.254 e. The van der Waals surface area contributed by atoms with Crippen molar-refractivity contribution in [1.82, 2.24) is 9.80 Å². The highest BCUT2D eigenvalue weighted by Gasteiger charge is 2.33. The number of hydrogen-bond donors (Lipinski definition) is 1. The largest absolute Gasteiger partial charge is 0.493 e. The molecule has 1 saturated heterocycles. The number of ether oxygens (including phenoxy) is 1. The summed E-state index contributed by atoms with van der Waals surface area (Å²) in [6.45, 7) is 9.42. The molecular weight excluding hydrogens is 398 g/mol. The minimum absolute atomic E-state index is 0.0870. The van der Waals surface area contributed by atoms with Gasteiger partial charge >= 0.3 is 0 Å². The van der Waals surface area contributed by atoms with E-state index in [2.05, 4.69) is 56.2 Å². The predicted molar refractivity (Wildman–Crippen MR) is 130 cm³/mol. The Balaban J connectivity index is 1.60. The highest BCUT2D eigenvalue weighted by atomic mass is 16.5. The highest BCUT2D eigenvalue weighted by Crippen LogP contribution is 2.30. The maximum absolute atomic E-state index is 13.6. The lowest BCUT2D eigenvalue weighted by molar-refractivity contribution is 0.0689. The van der Waals surface area contributed by atoms with Crippen LogP contribution in [0.4, 0.5) is 5.69 Å². The molecule has 2 aromatic rings. The Kier molecular flexibility index (Phi) is 7.04. The van der Waals surface area contributed by atoms with Crippen molar-refractivity contribution < 1.29 is 9.53 Å². The van der Waals surface area contributed by atoms with E-state index in [9.17, 15) is 4.79 Å². The van der Waals surface area contributed by atoms with Crippen molar-refractivity contribution >= 4 is 11.6 Å². The average molecular weight is 436 g/mol. The van der Waals surface area contributed by atoms with E-state index < -0.39 is 0 Å². The standard InChI is InChI=1S/C27H37N3O2/c1-19(2)18-32-25-12-8-21(9-13-25)27(31)30-16-22-7-5-6-20(3)26(22)28-15-14-23-10-11-24(17-30)29(23)4/h5-9,12-13,19,23-24,28H,10-11,14-18H2,1-4H3. The first-order valence-electron chi connectivity index (χ1n) is 12.0. The number of amides is 1. The van der Waals surface area contributed by atoms with Crippen LogP contribution in [-0.4, -0.2) is 54.5 Å². The summed E-state index contributed by atoms with van der Waals surface area (Å²) in [6.07, 6.45) is 3.48. The number of carbonyl (C=O) groups is 1. The summed E-state index contributed by atoms with van der Waals surface area (Å²) >= 11 is 0. The van der Waals surface area contributed by atoms with Gasteiger partial charge in [-0.15, -0.1) is 0 Å². The van der Waals surface area contributed by atoms with E-state index in [0.29, 0.717) is 31.2 Å². The molecular formula is C27H37N3O2. The Bertz CT molecular complexity index is 925. The zero-order valence-electron chi connectivity index (χ0n) is 19.9. The van der Waals surface area contributed by atoms with Gasteiger partial charge in [0, 0.05) is 43.0 Å². The third-order valence-electron chi connectivity index (χ3n) is 6.89. The molecule has 172 valence electrons. The molecule has 2 bridgehead atoms. The van der Waals surface area contributed by atoms with Crippen molar-refractivity contribution in [3.63, 3.8) is 0 Å². The third kappa shape index (κ3) is 5.09. The number of nitrogens with one attached hydrogen (secondary N) is 1. The van der Waals surface area contributed by atoms with Gasteiger partial charge < -0.3 is 15.0 Å². The molecule has 2 aromatic carbocycles. The van der Waals surface area contributed by atoms with Gasteiger partial charge in [-0.25, -0.2) is 0 Å². The third-order valence-corrected chi connectivity index (χ3v) is 6.89. The fraction of sp³-hybridized carbons (Fsp3) is 0.519. The molecule has 5 nitrogen and oxygen atoms in total. The second-order valence-electron chi connectivity index (χ2n) is 9.79. The van der Waals surface area contributed by atoms with Crippen LogP contribution < -0.4 is 10.1 Å². The first-order chi connectivity index (χ1) is 15.4. The number of anilines is 1. The molecule has 5 heteroatoms. The Morgan fingerprint density at radius 3 is 2.59 bits per heavy atom. The first-order valence-corrected chi connectivity index (χ1v) is 12.0. The summed E-state index contributed by atoms with van der Waals surface area (Å²) in [7, 11) is 2.22. The second kappa shape index (κ2) is 9.95. The van der Waals surface area contributed by atoms with Crippen molar-refractivity contribution in [2.75, 3.05) is 32.1 Å². The van der Waals surface area contributed by atoms with Crippen LogP contribution >= 0.6 is 0 Å². The van der Waals surface area contributed by atoms with Crippen LogP contribution in [0.5, 0.6) is 5.75 Å². The maximum Gasteiger partial charge on any atom is 0.254 e. The normalized spacial score (nSPS) is 21.6. The Morgan fingerprint density at radius 2 is 1.84 bits per heavy atom. The van der Waals surface area contributed by atoms with Gasteiger partial charge in [-0.05, 0) is 74.5 Å². The number of benzene rings is 2. The number of para-hydroxylation sites is 1. The summed E-state index contributed by atoms with van der Waals surface area (Å²) in [5, 5.41) is 3.68. The minimum atomic E-state index is 0.0870. The zero-order chi connectivity index (χ0) is 22.7. The van der Waals surface area contributed by atoms with Gasteiger partial charge in [0.2, 0.25) is 0 Å².